The normalized spacial score (nSPS) is 21.4. The van der Waals surface area contributed by atoms with Crippen LogP contribution in [-0.4, -0.2) is 34.9 Å². The first-order valence-corrected chi connectivity index (χ1v) is 9.32. The standard InChI is InChI=1S/C11H15FN2O4S2/c12-8-1-2-11-9(7-8)10(3-5-19(11,15)16)14-4-6-20(13,17)18/h1-2,7,10,14H,3-6H2,(H2,13,17,18). The molecule has 0 fully saturated rings. The Labute approximate surface area is 117 Å². The molecule has 1 atom stereocenters. The van der Waals surface area contributed by atoms with Gasteiger partial charge >= 0.3 is 0 Å². The summed E-state index contributed by atoms with van der Waals surface area (Å²) in [6.07, 6.45) is 0.267. The van der Waals surface area contributed by atoms with E-state index in [0.29, 0.717) is 5.56 Å². The monoisotopic (exact) mass is 322 g/mol. The van der Waals surface area contributed by atoms with E-state index in [0.717, 1.165) is 6.07 Å². The fourth-order valence-electron chi connectivity index (χ4n) is 2.20. The van der Waals surface area contributed by atoms with Gasteiger partial charge in [0.05, 0.1) is 16.4 Å². The van der Waals surface area contributed by atoms with Crippen molar-refractivity contribution in [2.75, 3.05) is 18.1 Å². The smallest absolute Gasteiger partial charge is 0.210 e. The van der Waals surface area contributed by atoms with Crippen LogP contribution in [0.1, 0.15) is 18.0 Å². The molecule has 9 heteroatoms. The molecule has 0 bridgehead atoms. The first-order chi connectivity index (χ1) is 9.19. The van der Waals surface area contributed by atoms with Crippen molar-refractivity contribution in [3.8, 4) is 0 Å². The first-order valence-electron chi connectivity index (χ1n) is 5.95. The van der Waals surface area contributed by atoms with Crippen LogP contribution < -0.4 is 10.5 Å². The van der Waals surface area contributed by atoms with E-state index >= 15 is 0 Å². The van der Waals surface area contributed by atoms with Crippen molar-refractivity contribution >= 4 is 19.9 Å². The highest BCUT2D eigenvalue weighted by atomic mass is 32.2. The third kappa shape index (κ3) is 3.54. The van der Waals surface area contributed by atoms with Crippen LogP contribution in [0.15, 0.2) is 23.1 Å². The lowest BCUT2D eigenvalue weighted by Crippen LogP contribution is -2.34. The second kappa shape index (κ2) is 5.40. The molecule has 1 aromatic carbocycles. The lowest BCUT2D eigenvalue weighted by molar-refractivity contribution is 0.497. The second-order valence-corrected chi connectivity index (χ2v) is 8.47. The molecular formula is C11H15FN2O4S2. The Balaban J connectivity index is 2.23. The maximum atomic E-state index is 13.3. The van der Waals surface area contributed by atoms with Gasteiger partial charge in [-0.05, 0) is 30.2 Å². The summed E-state index contributed by atoms with van der Waals surface area (Å²) in [5.74, 6) is -0.848. The van der Waals surface area contributed by atoms with Gasteiger partial charge in [0, 0.05) is 12.6 Å². The summed E-state index contributed by atoms with van der Waals surface area (Å²) < 4.78 is 58.8. The highest BCUT2D eigenvalue weighted by Gasteiger charge is 2.30. The predicted molar refractivity (Wildman–Crippen MR) is 71.8 cm³/mol. The van der Waals surface area contributed by atoms with Gasteiger partial charge in [-0.25, -0.2) is 26.4 Å². The Morgan fingerprint density at radius 2 is 2.10 bits per heavy atom. The van der Waals surface area contributed by atoms with Crippen LogP contribution in [0.5, 0.6) is 0 Å². The quantitative estimate of drug-likeness (QED) is 0.754. The van der Waals surface area contributed by atoms with E-state index in [9.17, 15) is 21.2 Å². The topological polar surface area (TPSA) is 106 Å². The molecule has 0 saturated heterocycles. The summed E-state index contributed by atoms with van der Waals surface area (Å²) in [4.78, 5) is 0.0956. The first kappa shape index (κ1) is 15.4. The average molecular weight is 322 g/mol. The second-order valence-electron chi connectivity index (χ2n) is 4.66. The summed E-state index contributed by atoms with van der Waals surface area (Å²) in [6.45, 7) is 0.0828. The summed E-state index contributed by atoms with van der Waals surface area (Å²) in [5, 5.41) is 7.80. The van der Waals surface area contributed by atoms with E-state index in [-0.39, 0.29) is 29.4 Å². The van der Waals surface area contributed by atoms with Crippen molar-refractivity contribution in [1.82, 2.24) is 5.32 Å². The summed E-state index contributed by atoms with van der Waals surface area (Å²) in [5.41, 5.74) is 0.339. The molecule has 0 spiro atoms. The van der Waals surface area contributed by atoms with Gasteiger partial charge < -0.3 is 5.32 Å². The van der Waals surface area contributed by atoms with E-state index in [2.05, 4.69) is 5.32 Å². The van der Waals surface area contributed by atoms with Crippen LogP contribution in [0.4, 0.5) is 4.39 Å². The number of primary sulfonamides is 1. The number of halogens is 1. The molecule has 1 aromatic rings. The van der Waals surface area contributed by atoms with E-state index in [1.54, 1.807) is 0 Å². The van der Waals surface area contributed by atoms with Crippen molar-refractivity contribution in [2.45, 2.75) is 17.4 Å². The van der Waals surface area contributed by atoms with Crippen LogP contribution in [0, 0.1) is 5.82 Å². The molecule has 1 aliphatic rings. The van der Waals surface area contributed by atoms with Crippen LogP contribution in [0.25, 0.3) is 0 Å². The van der Waals surface area contributed by atoms with E-state index in [1.807, 2.05) is 0 Å². The van der Waals surface area contributed by atoms with Gasteiger partial charge in [0.25, 0.3) is 0 Å². The zero-order chi connectivity index (χ0) is 15.0. The van der Waals surface area contributed by atoms with Gasteiger partial charge in [0.1, 0.15) is 5.82 Å². The number of fused-ring (bicyclic) bond motifs is 1. The van der Waals surface area contributed by atoms with Crippen LogP contribution >= 0.6 is 0 Å². The number of benzene rings is 1. The molecule has 0 aliphatic carbocycles. The maximum absolute atomic E-state index is 13.3. The molecule has 112 valence electrons. The lowest BCUT2D eigenvalue weighted by atomic mass is 10.0. The van der Waals surface area contributed by atoms with Crippen LogP contribution in [0.2, 0.25) is 0 Å². The minimum atomic E-state index is -3.59. The molecule has 1 aliphatic heterocycles. The fraction of sp³-hybridized carbons (Fsp3) is 0.455. The molecule has 20 heavy (non-hydrogen) atoms. The molecule has 1 unspecified atom stereocenters. The predicted octanol–water partition coefficient (Wildman–Crippen LogP) is -0.0777. The molecule has 0 radical (unpaired) electrons. The number of rotatable bonds is 4. The zero-order valence-corrected chi connectivity index (χ0v) is 12.2. The molecule has 1 heterocycles. The third-order valence-corrected chi connectivity index (χ3v) is 5.72. The highest BCUT2D eigenvalue weighted by molar-refractivity contribution is 7.91. The van der Waals surface area contributed by atoms with Gasteiger partial charge in [-0.2, -0.15) is 0 Å². The number of sulfone groups is 1. The summed E-state index contributed by atoms with van der Waals surface area (Å²) in [6, 6.07) is 3.11. The molecule has 0 aromatic heterocycles. The van der Waals surface area contributed by atoms with Gasteiger partial charge in [-0.15, -0.1) is 0 Å². The molecule has 2 rings (SSSR count). The minimum absolute atomic E-state index is 0.0569. The van der Waals surface area contributed by atoms with Crippen molar-refractivity contribution in [3.63, 3.8) is 0 Å². The van der Waals surface area contributed by atoms with E-state index < -0.39 is 31.7 Å². The SMILES string of the molecule is NS(=O)(=O)CCNC1CCS(=O)(=O)c2ccc(F)cc21. The number of hydrogen-bond donors (Lipinski definition) is 2. The zero-order valence-electron chi connectivity index (χ0n) is 10.5. The van der Waals surface area contributed by atoms with E-state index in [1.165, 1.54) is 12.1 Å². The number of sulfonamides is 1. The average Bonchev–Trinajstić information content (AvgIpc) is 2.30. The molecular weight excluding hydrogens is 307 g/mol. The number of nitrogens with one attached hydrogen (secondary N) is 1. The van der Waals surface area contributed by atoms with Crippen molar-refractivity contribution < 1.29 is 21.2 Å². The Hall–Kier alpha value is -1.03. The van der Waals surface area contributed by atoms with Crippen molar-refractivity contribution in [2.24, 2.45) is 5.14 Å². The fourth-order valence-corrected chi connectivity index (χ4v) is 4.20. The maximum Gasteiger partial charge on any atom is 0.210 e. The Bertz CT molecular complexity index is 716. The van der Waals surface area contributed by atoms with Crippen LogP contribution in [-0.2, 0) is 19.9 Å². The summed E-state index contributed by atoms with van der Waals surface area (Å²) >= 11 is 0. The Morgan fingerprint density at radius 3 is 2.75 bits per heavy atom. The van der Waals surface area contributed by atoms with E-state index in [4.69, 9.17) is 5.14 Å². The van der Waals surface area contributed by atoms with Crippen molar-refractivity contribution in [3.05, 3.63) is 29.6 Å². The third-order valence-electron chi connectivity index (χ3n) is 3.13. The number of hydrogen-bond acceptors (Lipinski definition) is 5. The summed E-state index contributed by atoms with van der Waals surface area (Å²) in [7, 11) is -6.98. The molecule has 0 amide bonds. The van der Waals surface area contributed by atoms with Gasteiger partial charge in [0.15, 0.2) is 9.84 Å². The van der Waals surface area contributed by atoms with Crippen LogP contribution in [0.3, 0.4) is 0 Å². The lowest BCUT2D eigenvalue weighted by Gasteiger charge is -2.26. The highest BCUT2D eigenvalue weighted by Crippen LogP contribution is 2.32. The largest absolute Gasteiger partial charge is 0.309 e. The molecule has 3 N–H and O–H groups in total. The van der Waals surface area contributed by atoms with Gasteiger partial charge in [0.2, 0.25) is 10.0 Å². The van der Waals surface area contributed by atoms with Gasteiger partial charge in [-0.3, -0.25) is 0 Å². The number of nitrogens with two attached hydrogens (primary N) is 1. The van der Waals surface area contributed by atoms with Crippen molar-refractivity contribution in [1.29, 1.82) is 0 Å². The molecule has 0 saturated carbocycles. The Kier molecular flexibility index (Phi) is 4.14. The Morgan fingerprint density at radius 1 is 1.40 bits per heavy atom. The minimum Gasteiger partial charge on any atom is -0.309 e. The molecule has 6 nitrogen and oxygen atoms in total. The van der Waals surface area contributed by atoms with Gasteiger partial charge in [-0.1, -0.05) is 0 Å².